The number of hydrogen-bond donors (Lipinski definition) is 0. The van der Waals surface area contributed by atoms with Crippen LogP contribution in [0.3, 0.4) is 0 Å². The van der Waals surface area contributed by atoms with Crippen molar-refractivity contribution in [2.75, 3.05) is 26.8 Å². The van der Waals surface area contributed by atoms with Gasteiger partial charge in [-0.3, -0.25) is 9.88 Å². The second kappa shape index (κ2) is 7.05. The topological polar surface area (TPSA) is 47.5 Å². The molecule has 1 aliphatic heterocycles. The van der Waals surface area contributed by atoms with Gasteiger partial charge in [0.15, 0.2) is 0 Å². The molecule has 0 amide bonds. The summed E-state index contributed by atoms with van der Waals surface area (Å²) < 4.78 is 11.1. The molecule has 1 aromatic carbocycles. The number of benzene rings is 1. The van der Waals surface area contributed by atoms with Crippen LogP contribution < -0.4 is 4.74 Å². The highest BCUT2D eigenvalue weighted by atomic mass is 35.5. The minimum absolute atomic E-state index is 0.0497. The van der Waals surface area contributed by atoms with Crippen molar-refractivity contribution in [3.05, 3.63) is 52.9 Å². The SMILES string of the molecule is COc1nccnc1CN1CCO[C@@H](c2ccc(Cl)cc2)C1. The minimum atomic E-state index is 0.0497. The van der Waals surface area contributed by atoms with E-state index >= 15 is 0 Å². The maximum atomic E-state index is 5.94. The Labute approximate surface area is 134 Å². The molecule has 3 rings (SSSR count). The number of rotatable bonds is 4. The molecule has 0 saturated carbocycles. The molecule has 1 aliphatic rings. The van der Waals surface area contributed by atoms with Gasteiger partial charge >= 0.3 is 0 Å². The van der Waals surface area contributed by atoms with Gasteiger partial charge in [0.2, 0.25) is 5.88 Å². The van der Waals surface area contributed by atoms with E-state index < -0.39 is 0 Å². The summed E-state index contributed by atoms with van der Waals surface area (Å²) in [6.07, 6.45) is 3.38. The fourth-order valence-corrected chi connectivity index (χ4v) is 2.70. The van der Waals surface area contributed by atoms with E-state index in [4.69, 9.17) is 21.1 Å². The number of aromatic nitrogens is 2. The van der Waals surface area contributed by atoms with Gasteiger partial charge in [-0.15, -0.1) is 0 Å². The smallest absolute Gasteiger partial charge is 0.236 e. The molecule has 1 saturated heterocycles. The van der Waals surface area contributed by atoms with Crippen molar-refractivity contribution in [1.29, 1.82) is 0 Å². The van der Waals surface area contributed by atoms with Gasteiger partial charge in [0, 0.05) is 37.1 Å². The van der Waals surface area contributed by atoms with E-state index in [9.17, 15) is 0 Å². The Morgan fingerprint density at radius 1 is 1.27 bits per heavy atom. The number of hydrogen-bond acceptors (Lipinski definition) is 5. The van der Waals surface area contributed by atoms with Crippen LogP contribution in [-0.2, 0) is 11.3 Å². The molecule has 116 valence electrons. The molecule has 0 N–H and O–H groups in total. The van der Waals surface area contributed by atoms with Crippen LogP contribution in [-0.4, -0.2) is 41.7 Å². The molecule has 0 aliphatic carbocycles. The Kier molecular flexibility index (Phi) is 4.87. The molecule has 0 bridgehead atoms. The number of ether oxygens (including phenoxy) is 2. The molecule has 22 heavy (non-hydrogen) atoms. The van der Waals surface area contributed by atoms with E-state index in [0.717, 1.165) is 29.4 Å². The van der Waals surface area contributed by atoms with E-state index in [-0.39, 0.29) is 6.10 Å². The average molecular weight is 320 g/mol. The van der Waals surface area contributed by atoms with E-state index in [1.165, 1.54) is 0 Å². The van der Waals surface area contributed by atoms with Crippen LogP contribution in [0.4, 0.5) is 0 Å². The Bertz CT molecular complexity index is 621. The quantitative estimate of drug-likeness (QED) is 0.867. The van der Waals surface area contributed by atoms with Crippen LogP contribution >= 0.6 is 11.6 Å². The lowest BCUT2D eigenvalue weighted by Crippen LogP contribution is -2.38. The lowest BCUT2D eigenvalue weighted by atomic mass is 10.1. The first-order chi connectivity index (χ1) is 10.8. The van der Waals surface area contributed by atoms with Gasteiger partial charge in [-0.1, -0.05) is 23.7 Å². The maximum absolute atomic E-state index is 5.94. The van der Waals surface area contributed by atoms with Crippen LogP contribution in [0.2, 0.25) is 5.02 Å². The predicted octanol–water partition coefficient (Wildman–Crippen LogP) is 2.71. The second-order valence-electron chi connectivity index (χ2n) is 5.16. The molecule has 0 spiro atoms. The zero-order valence-electron chi connectivity index (χ0n) is 12.4. The van der Waals surface area contributed by atoms with Gasteiger partial charge in [0.25, 0.3) is 0 Å². The Morgan fingerprint density at radius 3 is 2.82 bits per heavy atom. The summed E-state index contributed by atoms with van der Waals surface area (Å²) in [4.78, 5) is 10.9. The van der Waals surface area contributed by atoms with Crippen molar-refractivity contribution in [3.8, 4) is 5.88 Å². The summed E-state index contributed by atoms with van der Waals surface area (Å²) in [7, 11) is 1.61. The lowest BCUT2D eigenvalue weighted by molar-refractivity contribution is -0.0335. The van der Waals surface area contributed by atoms with Gasteiger partial charge in [0.1, 0.15) is 5.69 Å². The molecule has 1 fully saturated rings. The summed E-state index contributed by atoms with van der Waals surface area (Å²) >= 11 is 5.94. The van der Waals surface area contributed by atoms with E-state index in [1.807, 2.05) is 24.3 Å². The van der Waals surface area contributed by atoms with Crippen LogP contribution in [0.15, 0.2) is 36.7 Å². The highest BCUT2D eigenvalue weighted by Crippen LogP contribution is 2.25. The van der Waals surface area contributed by atoms with Crippen molar-refractivity contribution >= 4 is 11.6 Å². The van der Waals surface area contributed by atoms with Gasteiger partial charge in [-0.05, 0) is 17.7 Å². The third-order valence-corrected chi connectivity index (χ3v) is 3.95. The number of nitrogens with zero attached hydrogens (tertiary/aromatic N) is 3. The third kappa shape index (κ3) is 3.55. The first-order valence-electron chi connectivity index (χ1n) is 7.19. The highest BCUT2D eigenvalue weighted by molar-refractivity contribution is 6.30. The molecule has 5 nitrogen and oxygen atoms in total. The Hall–Kier alpha value is -1.69. The standard InChI is InChI=1S/C16H18ClN3O2/c1-21-16-14(18-6-7-19-16)10-20-8-9-22-15(11-20)12-2-4-13(17)5-3-12/h2-7,15H,8-11H2,1H3/t15-/m1/s1. The van der Waals surface area contributed by atoms with Gasteiger partial charge < -0.3 is 9.47 Å². The fraction of sp³-hybridized carbons (Fsp3) is 0.375. The predicted molar refractivity (Wildman–Crippen MR) is 84.0 cm³/mol. The molecular weight excluding hydrogens is 302 g/mol. The first kappa shape index (κ1) is 15.2. The van der Waals surface area contributed by atoms with Crippen molar-refractivity contribution < 1.29 is 9.47 Å². The normalized spacial score (nSPS) is 19.1. The van der Waals surface area contributed by atoms with Crippen LogP contribution in [0.25, 0.3) is 0 Å². The molecule has 0 unspecified atom stereocenters. The van der Waals surface area contributed by atoms with Crippen molar-refractivity contribution in [3.63, 3.8) is 0 Å². The van der Waals surface area contributed by atoms with Gasteiger partial charge in [0.05, 0.1) is 19.8 Å². The fourth-order valence-electron chi connectivity index (χ4n) is 2.57. The Morgan fingerprint density at radius 2 is 2.05 bits per heavy atom. The lowest BCUT2D eigenvalue weighted by Gasteiger charge is -2.33. The zero-order valence-corrected chi connectivity index (χ0v) is 13.2. The second-order valence-corrected chi connectivity index (χ2v) is 5.59. The summed E-state index contributed by atoms with van der Waals surface area (Å²) in [6.45, 7) is 3.06. The molecule has 1 atom stereocenters. The van der Waals surface area contributed by atoms with Crippen LogP contribution in [0.5, 0.6) is 5.88 Å². The summed E-state index contributed by atoms with van der Waals surface area (Å²) in [5.74, 6) is 0.581. The molecule has 6 heteroatoms. The largest absolute Gasteiger partial charge is 0.480 e. The minimum Gasteiger partial charge on any atom is -0.480 e. The average Bonchev–Trinajstić information content (AvgIpc) is 2.56. The van der Waals surface area contributed by atoms with Gasteiger partial charge in [-0.2, -0.15) is 0 Å². The maximum Gasteiger partial charge on any atom is 0.236 e. The Balaban J connectivity index is 1.69. The van der Waals surface area contributed by atoms with E-state index in [2.05, 4.69) is 14.9 Å². The van der Waals surface area contributed by atoms with E-state index in [1.54, 1.807) is 19.5 Å². The number of halogens is 1. The zero-order chi connectivity index (χ0) is 15.4. The molecule has 0 radical (unpaired) electrons. The van der Waals surface area contributed by atoms with Gasteiger partial charge in [-0.25, -0.2) is 4.98 Å². The van der Waals surface area contributed by atoms with Crippen LogP contribution in [0.1, 0.15) is 17.4 Å². The monoisotopic (exact) mass is 319 g/mol. The van der Waals surface area contributed by atoms with E-state index in [0.29, 0.717) is 19.0 Å². The molecule has 2 heterocycles. The highest BCUT2D eigenvalue weighted by Gasteiger charge is 2.23. The van der Waals surface area contributed by atoms with Crippen LogP contribution in [0, 0.1) is 0 Å². The first-order valence-corrected chi connectivity index (χ1v) is 7.57. The molecular formula is C16H18ClN3O2. The number of morpholine rings is 1. The molecule has 2 aromatic rings. The van der Waals surface area contributed by atoms with Crippen molar-refractivity contribution in [2.45, 2.75) is 12.6 Å². The number of methoxy groups -OCH3 is 1. The third-order valence-electron chi connectivity index (χ3n) is 3.69. The van der Waals surface area contributed by atoms with Crippen molar-refractivity contribution in [2.24, 2.45) is 0 Å². The summed E-state index contributed by atoms with van der Waals surface area (Å²) in [5, 5.41) is 0.737. The van der Waals surface area contributed by atoms with Crippen molar-refractivity contribution in [1.82, 2.24) is 14.9 Å². The summed E-state index contributed by atoms with van der Waals surface area (Å²) in [6, 6.07) is 7.81. The summed E-state index contributed by atoms with van der Waals surface area (Å²) in [5.41, 5.74) is 1.99. The molecule has 1 aromatic heterocycles.